The number of carbonyl (C=O) groups is 1. The molecule has 0 unspecified atom stereocenters. The molecule has 3 rings (SSSR count). The fourth-order valence-corrected chi connectivity index (χ4v) is 1.91. The number of aromatic nitrogens is 1. The third kappa shape index (κ3) is 2.33. The number of pyridine rings is 1. The molecule has 100 valence electrons. The van der Waals surface area contributed by atoms with Crippen LogP contribution in [0, 0.1) is 0 Å². The van der Waals surface area contributed by atoms with Gasteiger partial charge in [0, 0.05) is 11.6 Å². The van der Waals surface area contributed by atoms with Crippen molar-refractivity contribution in [3.05, 3.63) is 60.2 Å². The van der Waals surface area contributed by atoms with Gasteiger partial charge in [-0.2, -0.15) is 0 Å². The molecule has 1 N–H and O–H groups in total. The summed E-state index contributed by atoms with van der Waals surface area (Å²) in [6.45, 7) is 0.156. The van der Waals surface area contributed by atoms with Crippen molar-refractivity contribution in [3.63, 3.8) is 0 Å². The van der Waals surface area contributed by atoms with E-state index in [0.717, 1.165) is 10.9 Å². The predicted molar refractivity (Wildman–Crippen MR) is 71.7 cm³/mol. The van der Waals surface area contributed by atoms with Crippen LogP contribution in [0.5, 0.6) is 5.75 Å². The number of hydrogen-bond donors (Lipinski definition) is 1. The summed E-state index contributed by atoms with van der Waals surface area (Å²) in [6, 6.07) is 12.4. The second-order valence-electron chi connectivity index (χ2n) is 4.19. The first-order valence-electron chi connectivity index (χ1n) is 6.02. The smallest absolute Gasteiger partial charge is 0.371 e. The summed E-state index contributed by atoms with van der Waals surface area (Å²) in [5.74, 6) is -0.102. The lowest BCUT2D eigenvalue weighted by Gasteiger charge is -2.06. The highest BCUT2D eigenvalue weighted by Crippen LogP contribution is 2.24. The predicted octanol–water partition coefficient (Wildman–Crippen LogP) is 3.11. The summed E-state index contributed by atoms with van der Waals surface area (Å²) in [4.78, 5) is 15.0. The van der Waals surface area contributed by atoms with Crippen molar-refractivity contribution >= 4 is 16.9 Å². The Bertz CT molecular complexity index is 758. The van der Waals surface area contributed by atoms with E-state index in [4.69, 9.17) is 14.3 Å². The van der Waals surface area contributed by atoms with Crippen LogP contribution in [0.25, 0.3) is 10.9 Å². The minimum Gasteiger partial charge on any atom is -0.483 e. The van der Waals surface area contributed by atoms with E-state index in [1.807, 2.05) is 30.3 Å². The molecular weight excluding hydrogens is 258 g/mol. The normalized spacial score (nSPS) is 10.6. The number of carboxylic acids is 1. The standard InChI is InChI=1S/C15H11NO4/c17-15(18)13-7-6-11(20-13)9-19-12-5-1-3-10-4-2-8-16-14(10)12/h1-8H,9H2,(H,17,18). The third-order valence-corrected chi connectivity index (χ3v) is 2.84. The molecule has 0 radical (unpaired) electrons. The minimum absolute atomic E-state index is 0.0976. The average molecular weight is 269 g/mol. The monoisotopic (exact) mass is 269 g/mol. The summed E-state index contributed by atoms with van der Waals surface area (Å²) >= 11 is 0. The van der Waals surface area contributed by atoms with Gasteiger partial charge in [0.05, 0.1) is 0 Å². The van der Waals surface area contributed by atoms with Crippen LogP contribution in [-0.2, 0) is 6.61 Å². The molecule has 0 amide bonds. The first-order valence-corrected chi connectivity index (χ1v) is 6.02. The number of para-hydroxylation sites is 1. The number of rotatable bonds is 4. The van der Waals surface area contributed by atoms with Crippen molar-refractivity contribution in [3.8, 4) is 5.75 Å². The second-order valence-corrected chi connectivity index (χ2v) is 4.19. The Hall–Kier alpha value is -2.82. The molecule has 0 aliphatic heterocycles. The van der Waals surface area contributed by atoms with Crippen LogP contribution in [0.1, 0.15) is 16.3 Å². The molecule has 0 bridgehead atoms. The van der Waals surface area contributed by atoms with Gasteiger partial charge in [0.2, 0.25) is 5.76 Å². The van der Waals surface area contributed by atoms with Gasteiger partial charge in [-0.3, -0.25) is 4.98 Å². The van der Waals surface area contributed by atoms with E-state index in [1.165, 1.54) is 6.07 Å². The molecule has 1 aromatic carbocycles. The maximum Gasteiger partial charge on any atom is 0.371 e. The Morgan fingerprint density at radius 2 is 2.05 bits per heavy atom. The van der Waals surface area contributed by atoms with Crippen molar-refractivity contribution in [2.75, 3.05) is 0 Å². The number of benzene rings is 1. The molecule has 0 aliphatic carbocycles. The number of ether oxygens (including phenoxy) is 1. The van der Waals surface area contributed by atoms with E-state index >= 15 is 0 Å². The van der Waals surface area contributed by atoms with Crippen LogP contribution < -0.4 is 4.74 Å². The zero-order valence-corrected chi connectivity index (χ0v) is 10.4. The van der Waals surface area contributed by atoms with E-state index in [9.17, 15) is 4.79 Å². The van der Waals surface area contributed by atoms with Crippen LogP contribution in [0.15, 0.2) is 53.1 Å². The molecule has 20 heavy (non-hydrogen) atoms. The van der Waals surface area contributed by atoms with Crippen LogP contribution in [0.2, 0.25) is 0 Å². The van der Waals surface area contributed by atoms with E-state index in [2.05, 4.69) is 4.98 Å². The lowest BCUT2D eigenvalue weighted by Crippen LogP contribution is -1.96. The Labute approximate surface area is 114 Å². The number of fused-ring (bicyclic) bond motifs is 1. The molecule has 0 saturated carbocycles. The summed E-state index contributed by atoms with van der Waals surface area (Å²) in [5, 5.41) is 9.76. The number of nitrogens with zero attached hydrogens (tertiary/aromatic N) is 1. The Morgan fingerprint density at radius 1 is 1.20 bits per heavy atom. The van der Waals surface area contributed by atoms with E-state index in [0.29, 0.717) is 11.5 Å². The molecule has 5 nitrogen and oxygen atoms in total. The molecule has 2 heterocycles. The van der Waals surface area contributed by atoms with Crippen molar-refractivity contribution in [2.45, 2.75) is 6.61 Å². The summed E-state index contributed by atoms with van der Waals surface area (Å²) in [5.41, 5.74) is 0.764. The van der Waals surface area contributed by atoms with Crippen molar-refractivity contribution in [1.82, 2.24) is 4.98 Å². The van der Waals surface area contributed by atoms with Crippen molar-refractivity contribution < 1.29 is 19.1 Å². The topological polar surface area (TPSA) is 72.6 Å². The number of aromatic carboxylic acids is 1. The van der Waals surface area contributed by atoms with Crippen molar-refractivity contribution in [1.29, 1.82) is 0 Å². The fourth-order valence-electron chi connectivity index (χ4n) is 1.91. The molecule has 0 saturated heterocycles. The first-order chi connectivity index (χ1) is 9.74. The molecule has 0 atom stereocenters. The molecule has 2 aromatic heterocycles. The largest absolute Gasteiger partial charge is 0.483 e. The van der Waals surface area contributed by atoms with Gasteiger partial charge in [-0.1, -0.05) is 18.2 Å². The van der Waals surface area contributed by atoms with Gasteiger partial charge >= 0.3 is 5.97 Å². The quantitative estimate of drug-likeness (QED) is 0.787. The minimum atomic E-state index is -1.09. The Kier molecular flexibility index (Phi) is 3.09. The van der Waals surface area contributed by atoms with E-state index in [-0.39, 0.29) is 12.4 Å². The van der Waals surface area contributed by atoms with E-state index < -0.39 is 5.97 Å². The molecule has 0 aliphatic rings. The third-order valence-electron chi connectivity index (χ3n) is 2.84. The van der Waals surface area contributed by atoms with Crippen LogP contribution in [0.3, 0.4) is 0 Å². The number of furan rings is 1. The van der Waals surface area contributed by atoms with Gasteiger partial charge in [-0.25, -0.2) is 4.79 Å². The average Bonchev–Trinajstić information content (AvgIpc) is 2.94. The number of carboxylic acid groups (broad SMARTS) is 1. The Balaban J connectivity index is 1.81. The molecule has 3 aromatic rings. The molecule has 0 spiro atoms. The highest BCUT2D eigenvalue weighted by molar-refractivity contribution is 5.84. The van der Waals surface area contributed by atoms with Gasteiger partial charge in [-0.15, -0.1) is 0 Å². The summed E-state index contributed by atoms with van der Waals surface area (Å²) in [6.07, 6.45) is 1.70. The van der Waals surface area contributed by atoms with Gasteiger partial charge in [0.25, 0.3) is 0 Å². The second kappa shape index (κ2) is 5.05. The zero-order valence-electron chi connectivity index (χ0n) is 10.4. The van der Waals surface area contributed by atoms with Gasteiger partial charge in [0.1, 0.15) is 23.6 Å². The fraction of sp³-hybridized carbons (Fsp3) is 0.0667. The number of hydrogen-bond acceptors (Lipinski definition) is 4. The molecule has 0 fully saturated rings. The van der Waals surface area contributed by atoms with Crippen molar-refractivity contribution in [2.24, 2.45) is 0 Å². The SMILES string of the molecule is O=C(O)c1ccc(COc2cccc3cccnc23)o1. The zero-order chi connectivity index (χ0) is 13.9. The van der Waals surface area contributed by atoms with E-state index in [1.54, 1.807) is 12.3 Å². The first kappa shape index (κ1) is 12.2. The highest BCUT2D eigenvalue weighted by Gasteiger charge is 2.10. The van der Waals surface area contributed by atoms with Crippen LogP contribution in [-0.4, -0.2) is 16.1 Å². The van der Waals surface area contributed by atoms with Gasteiger partial charge in [-0.05, 0) is 24.3 Å². The molecule has 5 heteroatoms. The lowest BCUT2D eigenvalue weighted by atomic mass is 10.2. The maximum absolute atomic E-state index is 10.7. The van der Waals surface area contributed by atoms with Gasteiger partial charge < -0.3 is 14.3 Å². The van der Waals surface area contributed by atoms with Gasteiger partial charge in [0.15, 0.2) is 0 Å². The molecular formula is C15H11NO4. The lowest BCUT2D eigenvalue weighted by molar-refractivity contribution is 0.0658. The summed E-state index contributed by atoms with van der Waals surface area (Å²) < 4.78 is 10.8. The highest BCUT2D eigenvalue weighted by atomic mass is 16.5. The summed E-state index contributed by atoms with van der Waals surface area (Å²) in [7, 11) is 0. The van der Waals surface area contributed by atoms with Crippen LogP contribution in [0.4, 0.5) is 0 Å². The maximum atomic E-state index is 10.7. The Morgan fingerprint density at radius 3 is 2.85 bits per heavy atom. The van der Waals surface area contributed by atoms with Crippen LogP contribution >= 0.6 is 0 Å².